The molecule has 0 aliphatic heterocycles. The summed E-state index contributed by atoms with van der Waals surface area (Å²) in [6, 6.07) is 21.4. The molecule has 0 heterocycles. The molecule has 0 saturated heterocycles. The molecule has 0 amide bonds. The Labute approximate surface area is 110 Å². The molecule has 1 nitrogen and oxygen atoms in total. The molecule has 0 bridgehead atoms. The number of rotatable bonds is 6. The second-order valence-electron chi connectivity index (χ2n) is 4.81. The van der Waals surface area contributed by atoms with Crippen molar-refractivity contribution in [3.05, 3.63) is 71.8 Å². The predicted octanol–water partition coefficient (Wildman–Crippen LogP) is 3.75. The average Bonchev–Trinajstić information content (AvgIpc) is 2.41. The van der Waals surface area contributed by atoms with E-state index in [9.17, 15) is 0 Å². The summed E-state index contributed by atoms with van der Waals surface area (Å²) in [7, 11) is 2.19. The first-order valence-electron chi connectivity index (χ1n) is 6.61. The van der Waals surface area contributed by atoms with Crippen molar-refractivity contribution in [1.29, 1.82) is 0 Å². The van der Waals surface area contributed by atoms with Crippen LogP contribution in [0.3, 0.4) is 0 Å². The number of hydrogen-bond donors (Lipinski definition) is 0. The van der Waals surface area contributed by atoms with E-state index in [1.54, 1.807) is 0 Å². The van der Waals surface area contributed by atoms with Gasteiger partial charge in [-0.3, -0.25) is 0 Å². The third kappa shape index (κ3) is 4.34. The molecule has 0 N–H and O–H groups in total. The minimum absolute atomic E-state index is 1.04. The Morgan fingerprint density at radius 1 is 0.778 bits per heavy atom. The molecule has 94 valence electrons. The molecule has 0 unspecified atom stereocenters. The van der Waals surface area contributed by atoms with E-state index in [0.29, 0.717) is 0 Å². The standard InChI is InChI=1S/C17H21N/c1-18(15-17-11-6-3-7-12-17)14-8-13-16-9-4-2-5-10-16/h2-7,9-12H,8,13-15H2,1H3. The zero-order chi connectivity index (χ0) is 12.6. The summed E-state index contributed by atoms with van der Waals surface area (Å²) >= 11 is 0. The van der Waals surface area contributed by atoms with Crippen molar-refractivity contribution in [1.82, 2.24) is 4.90 Å². The topological polar surface area (TPSA) is 3.24 Å². The molecule has 18 heavy (non-hydrogen) atoms. The molecule has 0 radical (unpaired) electrons. The van der Waals surface area contributed by atoms with Gasteiger partial charge in [-0.1, -0.05) is 60.7 Å². The lowest BCUT2D eigenvalue weighted by atomic mass is 10.1. The molecular weight excluding hydrogens is 218 g/mol. The van der Waals surface area contributed by atoms with E-state index in [1.165, 1.54) is 24.0 Å². The van der Waals surface area contributed by atoms with Crippen LogP contribution in [0.1, 0.15) is 17.5 Å². The second-order valence-corrected chi connectivity index (χ2v) is 4.81. The molecular formula is C17H21N. The lowest BCUT2D eigenvalue weighted by molar-refractivity contribution is 0.322. The summed E-state index contributed by atoms with van der Waals surface area (Å²) in [4.78, 5) is 2.39. The normalized spacial score (nSPS) is 10.8. The van der Waals surface area contributed by atoms with Crippen molar-refractivity contribution in [2.75, 3.05) is 13.6 Å². The van der Waals surface area contributed by atoms with Gasteiger partial charge in [-0.15, -0.1) is 0 Å². The summed E-state index contributed by atoms with van der Waals surface area (Å²) in [6.45, 7) is 2.18. The summed E-state index contributed by atoms with van der Waals surface area (Å²) in [6.07, 6.45) is 2.38. The zero-order valence-electron chi connectivity index (χ0n) is 11.0. The van der Waals surface area contributed by atoms with Crippen LogP contribution in [-0.2, 0) is 13.0 Å². The van der Waals surface area contributed by atoms with Crippen molar-refractivity contribution in [2.45, 2.75) is 19.4 Å². The van der Waals surface area contributed by atoms with Gasteiger partial charge in [0, 0.05) is 6.54 Å². The number of hydrogen-bond acceptors (Lipinski definition) is 1. The smallest absolute Gasteiger partial charge is 0.0230 e. The number of benzene rings is 2. The van der Waals surface area contributed by atoms with Crippen molar-refractivity contribution in [3.8, 4) is 0 Å². The molecule has 2 aromatic carbocycles. The van der Waals surface area contributed by atoms with Gasteiger partial charge in [-0.05, 0) is 37.6 Å². The van der Waals surface area contributed by atoms with Crippen molar-refractivity contribution < 1.29 is 0 Å². The molecule has 0 spiro atoms. The molecule has 0 saturated carbocycles. The van der Waals surface area contributed by atoms with Crippen LogP contribution < -0.4 is 0 Å². The minimum Gasteiger partial charge on any atom is -0.302 e. The van der Waals surface area contributed by atoms with Crippen LogP contribution in [0.15, 0.2) is 60.7 Å². The molecule has 0 aromatic heterocycles. The van der Waals surface area contributed by atoms with Crippen molar-refractivity contribution in [3.63, 3.8) is 0 Å². The highest BCUT2D eigenvalue weighted by atomic mass is 15.1. The predicted molar refractivity (Wildman–Crippen MR) is 77.5 cm³/mol. The van der Waals surface area contributed by atoms with Gasteiger partial charge in [0.05, 0.1) is 0 Å². The second kappa shape index (κ2) is 6.97. The first-order chi connectivity index (χ1) is 8.84. The van der Waals surface area contributed by atoms with Crippen LogP contribution in [0.2, 0.25) is 0 Å². The van der Waals surface area contributed by atoms with E-state index >= 15 is 0 Å². The Bertz CT molecular complexity index is 436. The first kappa shape index (κ1) is 12.8. The van der Waals surface area contributed by atoms with Crippen LogP contribution in [0.25, 0.3) is 0 Å². The first-order valence-corrected chi connectivity index (χ1v) is 6.61. The van der Waals surface area contributed by atoms with Crippen LogP contribution in [0.5, 0.6) is 0 Å². The molecule has 1 heteroatoms. The maximum Gasteiger partial charge on any atom is 0.0230 e. The van der Waals surface area contributed by atoms with Crippen LogP contribution >= 0.6 is 0 Å². The van der Waals surface area contributed by atoms with Crippen LogP contribution in [0, 0.1) is 0 Å². The third-order valence-electron chi connectivity index (χ3n) is 3.14. The highest BCUT2D eigenvalue weighted by Crippen LogP contribution is 2.06. The fraction of sp³-hybridized carbons (Fsp3) is 0.294. The van der Waals surface area contributed by atoms with E-state index in [1.807, 2.05) is 0 Å². The molecule has 0 aliphatic rings. The van der Waals surface area contributed by atoms with Gasteiger partial charge in [0.2, 0.25) is 0 Å². The largest absolute Gasteiger partial charge is 0.302 e. The SMILES string of the molecule is CN(CCCc1ccccc1)Cc1ccccc1. The monoisotopic (exact) mass is 239 g/mol. The molecule has 0 atom stereocenters. The van der Waals surface area contributed by atoms with Gasteiger partial charge in [0.25, 0.3) is 0 Å². The van der Waals surface area contributed by atoms with Gasteiger partial charge in [0.1, 0.15) is 0 Å². The number of nitrogens with zero attached hydrogens (tertiary/aromatic N) is 1. The minimum atomic E-state index is 1.04. The van der Waals surface area contributed by atoms with Crippen LogP contribution in [-0.4, -0.2) is 18.5 Å². The van der Waals surface area contributed by atoms with Crippen molar-refractivity contribution in [2.24, 2.45) is 0 Å². The quantitative estimate of drug-likeness (QED) is 0.742. The fourth-order valence-electron chi connectivity index (χ4n) is 2.17. The van der Waals surface area contributed by atoms with E-state index in [4.69, 9.17) is 0 Å². The van der Waals surface area contributed by atoms with E-state index in [0.717, 1.165) is 13.1 Å². The maximum atomic E-state index is 2.39. The van der Waals surface area contributed by atoms with Gasteiger partial charge in [0.15, 0.2) is 0 Å². The fourth-order valence-corrected chi connectivity index (χ4v) is 2.17. The highest BCUT2D eigenvalue weighted by Gasteiger charge is 2.00. The highest BCUT2D eigenvalue weighted by molar-refractivity contribution is 5.15. The molecule has 2 aromatic rings. The zero-order valence-corrected chi connectivity index (χ0v) is 11.0. The lowest BCUT2D eigenvalue weighted by Gasteiger charge is -2.16. The molecule has 2 rings (SSSR count). The summed E-state index contributed by atoms with van der Waals surface area (Å²) < 4.78 is 0. The molecule has 0 fully saturated rings. The van der Waals surface area contributed by atoms with E-state index < -0.39 is 0 Å². The average molecular weight is 239 g/mol. The van der Waals surface area contributed by atoms with Crippen LogP contribution in [0.4, 0.5) is 0 Å². The van der Waals surface area contributed by atoms with Gasteiger partial charge in [-0.2, -0.15) is 0 Å². The van der Waals surface area contributed by atoms with E-state index in [-0.39, 0.29) is 0 Å². The van der Waals surface area contributed by atoms with Gasteiger partial charge < -0.3 is 4.90 Å². The molecule has 0 aliphatic carbocycles. The van der Waals surface area contributed by atoms with E-state index in [2.05, 4.69) is 72.6 Å². The number of aryl methyl sites for hydroxylation is 1. The third-order valence-corrected chi connectivity index (χ3v) is 3.14. The Balaban J connectivity index is 1.71. The summed E-state index contributed by atoms with van der Waals surface area (Å²) in [5.74, 6) is 0. The summed E-state index contributed by atoms with van der Waals surface area (Å²) in [5, 5.41) is 0. The Kier molecular flexibility index (Phi) is 4.98. The Morgan fingerprint density at radius 3 is 1.94 bits per heavy atom. The van der Waals surface area contributed by atoms with Gasteiger partial charge >= 0.3 is 0 Å². The van der Waals surface area contributed by atoms with Gasteiger partial charge in [-0.25, -0.2) is 0 Å². The Morgan fingerprint density at radius 2 is 1.33 bits per heavy atom. The summed E-state index contributed by atoms with van der Waals surface area (Å²) in [5.41, 5.74) is 2.82. The van der Waals surface area contributed by atoms with Crippen molar-refractivity contribution >= 4 is 0 Å². The lowest BCUT2D eigenvalue weighted by Crippen LogP contribution is -2.19. The maximum absolute atomic E-state index is 2.39. The Hall–Kier alpha value is -1.60.